The van der Waals surface area contributed by atoms with E-state index in [1.54, 1.807) is 36.8 Å². The minimum atomic E-state index is -0.450. The fraction of sp³-hybridized carbons (Fsp3) is 0.227. The maximum atomic E-state index is 12.7. The third kappa shape index (κ3) is 6.19. The van der Waals surface area contributed by atoms with Crippen LogP contribution in [0.4, 0.5) is 0 Å². The van der Waals surface area contributed by atoms with Crippen LogP contribution in [-0.4, -0.2) is 27.9 Å². The fourth-order valence-electron chi connectivity index (χ4n) is 2.98. The Morgan fingerprint density at radius 3 is 2.55 bits per heavy atom. The van der Waals surface area contributed by atoms with Gasteiger partial charge in [0.05, 0.1) is 29.4 Å². The standard InChI is InChI=1S/C22H23ClN4O2/c23-19-10-5-4-9-18(19)22(29)26-20(17-7-2-1-3-8-17)15-21(28)25-11-6-13-27-14-12-24-16-27/h1-5,7-10,12,14,16,20H,6,11,13,15H2,(H,25,28)(H,26,29)/t20-/m0/s1. The number of aromatic nitrogens is 2. The van der Waals surface area contributed by atoms with Crippen LogP contribution >= 0.6 is 11.6 Å². The quantitative estimate of drug-likeness (QED) is 0.529. The maximum absolute atomic E-state index is 12.7. The first-order valence-corrected chi connectivity index (χ1v) is 9.84. The van der Waals surface area contributed by atoms with Gasteiger partial charge in [-0.15, -0.1) is 0 Å². The van der Waals surface area contributed by atoms with Gasteiger partial charge in [0.15, 0.2) is 0 Å². The van der Waals surface area contributed by atoms with Crippen molar-refractivity contribution in [2.24, 2.45) is 0 Å². The number of benzene rings is 2. The van der Waals surface area contributed by atoms with E-state index in [9.17, 15) is 9.59 Å². The van der Waals surface area contributed by atoms with Crippen molar-refractivity contribution in [2.45, 2.75) is 25.4 Å². The van der Waals surface area contributed by atoms with Crippen LogP contribution in [0.1, 0.15) is 34.8 Å². The van der Waals surface area contributed by atoms with Crippen LogP contribution in [0.25, 0.3) is 0 Å². The summed E-state index contributed by atoms with van der Waals surface area (Å²) in [6.45, 7) is 1.34. The lowest BCUT2D eigenvalue weighted by molar-refractivity contribution is -0.121. The van der Waals surface area contributed by atoms with Gasteiger partial charge in [0, 0.05) is 25.5 Å². The van der Waals surface area contributed by atoms with Crippen LogP contribution < -0.4 is 10.6 Å². The summed E-state index contributed by atoms with van der Waals surface area (Å²) in [5.41, 5.74) is 1.25. The van der Waals surface area contributed by atoms with Crippen molar-refractivity contribution in [1.82, 2.24) is 20.2 Å². The summed E-state index contributed by atoms with van der Waals surface area (Å²) in [5, 5.41) is 6.23. The van der Waals surface area contributed by atoms with Crippen LogP contribution in [0.15, 0.2) is 73.3 Å². The maximum Gasteiger partial charge on any atom is 0.253 e. The SMILES string of the molecule is O=C(C[C@H](NC(=O)c1ccccc1Cl)c1ccccc1)NCCCn1ccnc1. The zero-order valence-corrected chi connectivity index (χ0v) is 16.7. The molecule has 2 N–H and O–H groups in total. The van der Waals surface area contributed by atoms with Gasteiger partial charge in [-0.3, -0.25) is 9.59 Å². The van der Waals surface area contributed by atoms with Gasteiger partial charge in [-0.2, -0.15) is 0 Å². The molecule has 0 aliphatic heterocycles. The summed E-state index contributed by atoms with van der Waals surface area (Å²) in [5.74, 6) is -0.429. The Morgan fingerprint density at radius 1 is 1.07 bits per heavy atom. The number of nitrogens with one attached hydrogen (secondary N) is 2. The highest BCUT2D eigenvalue weighted by Gasteiger charge is 2.20. The van der Waals surface area contributed by atoms with Gasteiger partial charge in [-0.05, 0) is 24.1 Å². The summed E-state index contributed by atoms with van der Waals surface area (Å²) < 4.78 is 1.96. The number of carbonyl (C=O) groups is 2. The second-order valence-corrected chi connectivity index (χ2v) is 7.03. The van der Waals surface area contributed by atoms with Crippen molar-refractivity contribution < 1.29 is 9.59 Å². The molecule has 2 amide bonds. The molecule has 0 saturated carbocycles. The monoisotopic (exact) mass is 410 g/mol. The summed E-state index contributed by atoms with van der Waals surface area (Å²) in [6, 6.07) is 15.8. The molecule has 0 radical (unpaired) electrons. The summed E-state index contributed by atoms with van der Waals surface area (Å²) in [6.07, 6.45) is 6.30. The molecule has 1 heterocycles. The number of carbonyl (C=O) groups excluding carboxylic acids is 2. The molecule has 0 bridgehead atoms. The number of rotatable bonds is 9. The van der Waals surface area contributed by atoms with Crippen molar-refractivity contribution in [3.63, 3.8) is 0 Å². The second-order valence-electron chi connectivity index (χ2n) is 6.62. The zero-order chi connectivity index (χ0) is 20.5. The Hall–Kier alpha value is -3.12. The molecule has 0 aliphatic rings. The minimum absolute atomic E-state index is 0.121. The Labute approximate surface area is 174 Å². The van der Waals surface area contributed by atoms with Gasteiger partial charge < -0.3 is 15.2 Å². The number of hydrogen-bond donors (Lipinski definition) is 2. The molecule has 2 aromatic carbocycles. The van der Waals surface area contributed by atoms with Crippen molar-refractivity contribution in [1.29, 1.82) is 0 Å². The first kappa shape index (κ1) is 20.6. The van der Waals surface area contributed by atoms with E-state index < -0.39 is 6.04 Å². The molecule has 1 aromatic heterocycles. The third-order valence-electron chi connectivity index (χ3n) is 4.49. The number of halogens is 1. The Bertz CT molecular complexity index is 929. The van der Waals surface area contributed by atoms with E-state index in [1.165, 1.54) is 0 Å². The summed E-state index contributed by atoms with van der Waals surface area (Å²) in [4.78, 5) is 29.1. The molecule has 1 atom stereocenters. The molecule has 150 valence electrons. The Balaban J connectivity index is 1.59. The van der Waals surface area contributed by atoms with Crippen LogP contribution in [0.2, 0.25) is 5.02 Å². The zero-order valence-electron chi connectivity index (χ0n) is 15.9. The van der Waals surface area contributed by atoms with Crippen molar-refractivity contribution in [3.05, 3.63) is 89.5 Å². The Kier molecular flexibility index (Phi) is 7.41. The van der Waals surface area contributed by atoms with Crippen molar-refractivity contribution >= 4 is 23.4 Å². The van der Waals surface area contributed by atoms with E-state index >= 15 is 0 Å². The van der Waals surface area contributed by atoms with Crippen molar-refractivity contribution in [2.75, 3.05) is 6.54 Å². The smallest absolute Gasteiger partial charge is 0.253 e. The van der Waals surface area contributed by atoms with Gasteiger partial charge in [-0.1, -0.05) is 54.1 Å². The van der Waals surface area contributed by atoms with E-state index in [2.05, 4.69) is 15.6 Å². The molecule has 7 heteroatoms. The average molecular weight is 411 g/mol. The summed E-state index contributed by atoms with van der Waals surface area (Å²) in [7, 11) is 0. The number of imidazole rings is 1. The second kappa shape index (κ2) is 10.4. The van der Waals surface area contributed by atoms with E-state index in [1.807, 2.05) is 41.1 Å². The lowest BCUT2D eigenvalue weighted by atomic mass is 10.0. The molecule has 0 saturated heterocycles. The highest BCUT2D eigenvalue weighted by Crippen LogP contribution is 2.20. The highest BCUT2D eigenvalue weighted by atomic mass is 35.5. The molecule has 0 unspecified atom stereocenters. The predicted molar refractivity (Wildman–Crippen MR) is 113 cm³/mol. The minimum Gasteiger partial charge on any atom is -0.356 e. The van der Waals surface area contributed by atoms with Gasteiger partial charge in [0.1, 0.15) is 0 Å². The molecule has 3 rings (SSSR count). The average Bonchev–Trinajstić information content (AvgIpc) is 3.25. The van der Waals surface area contributed by atoms with E-state index in [0.29, 0.717) is 17.1 Å². The molecule has 0 spiro atoms. The third-order valence-corrected chi connectivity index (χ3v) is 4.82. The number of nitrogens with zero attached hydrogens (tertiary/aromatic N) is 2. The van der Waals surface area contributed by atoms with E-state index in [-0.39, 0.29) is 18.2 Å². The topological polar surface area (TPSA) is 76.0 Å². The normalized spacial score (nSPS) is 11.6. The molecule has 6 nitrogen and oxygen atoms in total. The molecule has 3 aromatic rings. The van der Waals surface area contributed by atoms with Crippen molar-refractivity contribution in [3.8, 4) is 0 Å². The largest absolute Gasteiger partial charge is 0.356 e. The molecular formula is C22H23ClN4O2. The number of hydrogen-bond acceptors (Lipinski definition) is 3. The van der Waals surface area contributed by atoms with Crippen LogP contribution in [0, 0.1) is 0 Å². The predicted octanol–water partition coefficient (Wildman–Crippen LogP) is 3.60. The van der Waals surface area contributed by atoms with Gasteiger partial charge in [-0.25, -0.2) is 4.98 Å². The van der Waals surface area contributed by atoms with Gasteiger partial charge >= 0.3 is 0 Å². The molecule has 0 aliphatic carbocycles. The highest BCUT2D eigenvalue weighted by molar-refractivity contribution is 6.33. The van der Waals surface area contributed by atoms with Crippen LogP contribution in [-0.2, 0) is 11.3 Å². The molecule has 0 fully saturated rings. The van der Waals surface area contributed by atoms with Crippen LogP contribution in [0.5, 0.6) is 0 Å². The first-order chi connectivity index (χ1) is 14.1. The summed E-state index contributed by atoms with van der Waals surface area (Å²) >= 11 is 6.13. The van der Waals surface area contributed by atoms with Gasteiger partial charge in [0.2, 0.25) is 5.91 Å². The first-order valence-electron chi connectivity index (χ1n) is 9.46. The molecular weight excluding hydrogens is 388 g/mol. The lowest BCUT2D eigenvalue weighted by Crippen LogP contribution is -2.34. The van der Waals surface area contributed by atoms with E-state index in [4.69, 9.17) is 11.6 Å². The Morgan fingerprint density at radius 2 is 1.83 bits per heavy atom. The number of aryl methyl sites for hydroxylation is 1. The molecule has 29 heavy (non-hydrogen) atoms. The number of amides is 2. The fourth-order valence-corrected chi connectivity index (χ4v) is 3.21. The van der Waals surface area contributed by atoms with Crippen LogP contribution in [0.3, 0.4) is 0 Å². The van der Waals surface area contributed by atoms with Gasteiger partial charge in [0.25, 0.3) is 5.91 Å². The lowest BCUT2D eigenvalue weighted by Gasteiger charge is -2.19. The van der Waals surface area contributed by atoms with E-state index in [0.717, 1.165) is 18.5 Å².